The van der Waals surface area contributed by atoms with Crippen molar-refractivity contribution in [3.63, 3.8) is 0 Å². The Morgan fingerprint density at radius 1 is 1.29 bits per heavy atom. The molecule has 0 aliphatic carbocycles. The summed E-state index contributed by atoms with van der Waals surface area (Å²) in [5.41, 5.74) is 3.99. The van der Waals surface area contributed by atoms with Gasteiger partial charge in [-0.05, 0) is 57.9 Å². The lowest BCUT2D eigenvalue weighted by Crippen LogP contribution is -2.42. The van der Waals surface area contributed by atoms with Crippen LogP contribution >= 0.6 is 0 Å². The zero-order valence-electron chi connectivity index (χ0n) is 11.5. The molecule has 2 atom stereocenters. The zero-order valence-corrected chi connectivity index (χ0v) is 11.5. The average molecular weight is 232 g/mol. The van der Waals surface area contributed by atoms with Gasteiger partial charge in [-0.1, -0.05) is 12.1 Å². The Hall–Kier alpha value is -1.02. The van der Waals surface area contributed by atoms with Gasteiger partial charge in [0.25, 0.3) is 0 Å². The molecule has 1 saturated heterocycles. The van der Waals surface area contributed by atoms with Crippen molar-refractivity contribution >= 4 is 5.69 Å². The summed E-state index contributed by atoms with van der Waals surface area (Å²) in [5.74, 6) is 0. The van der Waals surface area contributed by atoms with E-state index in [0.717, 1.165) is 0 Å². The van der Waals surface area contributed by atoms with Crippen LogP contribution in [-0.4, -0.2) is 30.6 Å². The lowest BCUT2D eigenvalue weighted by atomic mass is 9.98. The van der Waals surface area contributed by atoms with Crippen LogP contribution in [0, 0.1) is 13.8 Å². The first kappa shape index (κ1) is 12.4. The fourth-order valence-electron chi connectivity index (χ4n) is 2.53. The van der Waals surface area contributed by atoms with Crippen molar-refractivity contribution in [2.45, 2.75) is 45.7 Å². The molecule has 1 aromatic carbocycles. The molecule has 17 heavy (non-hydrogen) atoms. The van der Waals surface area contributed by atoms with E-state index in [1.54, 1.807) is 0 Å². The van der Waals surface area contributed by atoms with Crippen LogP contribution in [0.4, 0.5) is 5.69 Å². The minimum Gasteiger partial charge on any atom is -0.382 e. The van der Waals surface area contributed by atoms with Crippen LogP contribution in [0.1, 0.15) is 30.9 Å². The van der Waals surface area contributed by atoms with E-state index < -0.39 is 0 Å². The number of anilines is 1. The molecule has 1 fully saturated rings. The molecule has 1 N–H and O–H groups in total. The number of rotatable bonds is 2. The van der Waals surface area contributed by atoms with Crippen LogP contribution in [-0.2, 0) is 0 Å². The number of nitrogens with one attached hydrogen (secondary N) is 1. The number of aryl methyl sites for hydroxylation is 2. The van der Waals surface area contributed by atoms with Gasteiger partial charge in [-0.15, -0.1) is 0 Å². The molecule has 1 aromatic rings. The van der Waals surface area contributed by atoms with Gasteiger partial charge >= 0.3 is 0 Å². The third kappa shape index (κ3) is 3.01. The van der Waals surface area contributed by atoms with Gasteiger partial charge in [-0.2, -0.15) is 0 Å². The first-order valence-electron chi connectivity index (χ1n) is 6.60. The topological polar surface area (TPSA) is 15.3 Å². The van der Waals surface area contributed by atoms with Gasteiger partial charge in [0.15, 0.2) is 0 Å². The summed E-state index contributed by atoms with van der Waals surface area (Å²) in [6, 6.07) is 7.96. The molecule has 2 unspecified atom stereocenters. The van der Waals surface area contributed by atoms with Crippen molar-refractivity contribution in [2.75, 3.05) is 18.9 Å². The summed E-state index contributed by atoms with van der Waals surface area (Å²) >= 11 is 0. The molecule has 0 aromatic heterocycles. The summed E-state index contributed by atoms with van der Waals surface area (Å²) in [6.07, 6.45) is 2.48. The SMILES string of the molecule is Cc1ccc(C)c(NC2CCN(C)C(C)C2)c1. The van der Waals surface area contributed by atoms with Gasteiger partial charge in [-0.25, -0.2) is 0 Å². The van der Waals surface area contributed by atoms with Gasteiger partial charge in [0, 0.05) is 24.3 Å². The van der Waals surface area contributed by atoms with Gasteiger partial charge in [0.05, 0.1) is 0 Å². The fraction of sp³-hybridized carbons (Fsp3) is 0.600. The largest absolute Gasteiger partial charge is 0.382 e. The summed E-state index contributed by atoms with van der Waals surface area (Å²) in [6.45, 7) is 7.85. The Labute approximate surface area is 105 Å². The maximum Gasteiger partial charge on any atom is 0.0374 e. The van der Waals surface area contributed by atoms with Crippen molar-refractivity contribution in [3.05, 3.63) is 29.3 Å². The quantitative estimate of drug-likeness (QED) is 0.842. The molecule has 94 valence electrons. The number of likely N-dealkylation sites (tertiary alicyclic amines) is 1. The number of nitrogens with zero attached hydrogens (tertiary/aromatic N) is 1. The van der Waals surface area contributed by atoms with Gasteiger partial charge in [-0.3, -0.25) is 0 Å². The molecule has 0 amide bonds. The highest BCUT2D eigenvalue weighted by atomic mass is 15.1. The van der Waals surface area contributed by atoms with E-state index in [4.69, 9.17) is 0 Å². The van der Waals surface area contributed by atoms with Crippen molar-refractivity contribution < 1.29 is 0 Å². The van der Waals surface area contributed by atoms with Gasteiger partial charge < -0.3 is 10.2 Å². The monoisotopic (exact) mass is 232 g/mol. The van der Waals surface area contributed by atoms with E-state index in [2.05, 4.69) is 56.2 Å². The van der Waals surface area contributed by atoms with E-state index in [0.29, 0.717) is 12.1 Å². The number of hydrogen-bond donors (Lipinski definition) is 1. The molecule has 2 rings (SSSR count). The average Bonchev–Trinajstić information content (AvgIpc) is 2.29. The second kappa shape index (κ2) is 5.09. The predicted octanol–water partition coefficient (Wildman–Crippen LogP) is 3.20. The predicted molar refractivity (Wildman–Crippen MR) is 74.7 cm³/mol. The standard InChI is InChI=1S/C15H24N2/c1-11-5-6-12(2)15(9-11)16-14-7-8-17(4)13(3)10-14/h5-6,9,13-14,16H,7-8,10H2,1-4H3. The molecular weight excluding hydrogens is 208 g/mol. The lowest BCUT2D eigenvalue weighted by molar-refractivity contribution is 0.190. The van der Waals surface area contributed by atoms with E-state index in [9.17, 15) is 0 Å². The smallest absolute Gasteiger partial charge is 0.0374 e. The van der Waals surface area contributed by atoms with E-state index in [1.807, 2.05) is 0 Å². The number of piperidine rings is 1. The molecule has 0 saturated carbocycles. The van der Waals surface area contributed by atoms with Crippen LogP contribution in [0.3, 0.4) is 0 Å². The van der Waals surface area contributed by atoms with Crippen LogP contribution in [0.2, 0.25) is 0 Å². The Morgan fingerprint density at radius 3 is 2.76 bits per heavy atom. The molecular formula is C15H24N2. The van der Waals surface area contributed by atoms with Crippen LogP contribution < -0.4 is 5.32 Å². The summed E-state index contributed by atoms with van der Waals surface area (Å²) in [4.78, 5) is 2.45. The van der Waals surface area contributed by atoms with Crippen molar-refractivity contribution in [2.24, 2.45) is 0 Å². The molecule has 0 spiro atoms. The second-order valence-electron chi connectivity index (χ2n) is 5.51. The minimum atomic E-state index is 0.627. The number of benzene rings is 1. The molecule has 1 heterocycles. The van der Waals surface area contributed by atoms with Crippen molar-refractivity contribution in [1.82, 2.24) is 4.90 Å². The summed E-state index contributed by atoms with van der Waals surface area (Å²) in [7, 11) is 2.22. The first-order valence-corrected chi connectivity index (χ1v) is 6.60. The van der Waals surface area contributed by atoms with Crippen molar-refractivity contribution in [3.8, 4) is 0 Å². The third-order valence-corrected chi connectivity index (χ3v) is 3.96. The highest BCUT2D eigenvalue weighted by molar-refractivity contribution is 5.53. The third-order valence-electron chi connectivity index (χ3n) is 3.96. The highest BCUT2D eigenvalue weighted by Gasteiger charge is 2.22. The molecule has 1 aliphatic rings. The minimum absolute atomic E-state index is 0.627. The van der Waals surface area contributed by atoms with E-state index in [-0.39, 0.29) is 0 Å². The molecule has 1 aliphatic heterocycles. The molecule has 0 bridgehead atoms. The van der Waals surface area contributed by atoms with Crippen LogP contribution in [0.15, 0.2) is 18.2 Å². The fourth-order valence-corrected chi connectivity index (χ4v) is 2.53. The van der Waals surface area contributed by atoms with E-state index >= 15 is 0 Å². The van der Waals surface area contributed by atoms with Gasteiger partial charge in [0.2, 0.25) is 0 Å². The van der Waals surface area contributed by atoms with Gasteiger partial charge in [0.1, 0.15) is 0 Å². The van der Waals surface area contributed by atoms with Crippen molar-refractivity contribution in [1.29, 1.82) is 0 Å². The maximum atomic E-state index is 3.71. The summed E-state index contributed by atoms with van der Waals surface area (Å²) in [5, 5.41) is 3.71. The Morgan fingerprint density at radius 2 is 2.06 bits per heavy atom. The van der Waals surface area contributed by atoms with E-state index in [1.165, 1.54) is 36.2 Å². The highest BCUT2D eigenvalue weighted by Crippen LogP contribution is 2.23. The Bertz CT molecular complexity index is 387. The van der Waals surface area contributed by atoms with Crippen LogP contribution in [0.5, 0.6) is 0 Å². The Kier molecular flexibility index (Phi) is 3.72. The number of hydrogen-bond acceptors (Lipinski definition) is 2. The van der Waals surface area contributed by atoms with Crippen LogP contribution in [0.25, 0.3) is 0 Å². The molecule has 2 nitrogen and oxygen atoms in total. The Balaban J connectivity index is 2.03. The molecule has 2 heteroatoms. The lowest BCUT2D eigenvalue weighted by Gasteiger charge is -2.36. The maximum absolute atomic E-state index is 3.71. The summed E-state index contributed by atoms with van der Waals surface area (Å²) < 4.78 is 0. The first-order chi connectivity index (χ1) is 8.06. The molecule has 0 radical (unpaired) electrons. The normalized spacial score (nSPS) is 25.9. The zero-order chi connectivity index (χ0) is 12.4. The second-order valence-corrected chi connectivity index (χ2v) is 5.51.